The average molecular weight is 228 g/mol. The first-order chi connectivity index (χ1) is 6.58. The van der Waals surface area contributed by atoms with Crippen molar-refractivity contribution in [3.63, 3.8) is 0 Å². The Kier molecular flexibility index (Phi) is 4.63. The first kappa shape index (κ1) is 14.3. The zero-order valence-electron chi connectivity index (χ0n) is 10.3. The van der Waals surface area contributed by atoms with Crippen LogP contribution in [0.5, 0.6) is 0 Å². The summed E-state index contributed by atoms with van der Waals surface area (Å²) in [7, 11) is 0. The normalized spacial score (nSPS) is 14.0. The molecule has 1 N–H and O–H groups in total. The molecule has 0 aromatic rings. The fourth-order valence-corrected chi connectivity index (χ4v) is 1.24. The van der Waals surface area contributed by atoms with Gasteiger partial charge in [-0.15, -0.1) is 0 Å². The molecule has 0 aliphatic carbocycles. The molecule has 3 nitrogen and oxygen atoms in total. The van der Waals surface area contributed by atoms with Gasteiger partial charge in [-0.1, -0.05) is 20.8 Å². The number of carbonyl (C=O) groups is 1. The molecular weight excluding hydrogens is 208 g/mol. The molecule has 0 aliphatic rings. The minimum absolute atomic E-state index is 0.104. The molecule has 0 spiro atoms. The summed E-state index contributed by atoms with van der Waals surface area (Å²) in [5, 5.41) is 5.18. The van der Waals surface area contributed by atoms with Gasteiger partial charge in [-0.3, -0.25) is 4.79 Å². The van der Waals surface area contributed by atoms with E-state index in [0.29, 0.717) is 0 Å². The molecule has 0 aromatic carbocycles. The van der Waals surface area contributed by atoms with Crippen LogP contribution in [0.1, 0.15) is 41.5 Å². The van der Waals surface area contributed by atoms with Crippen LogP contribution in [0.15, 0.2) is 4.99 Å². The quantitative estimate of drug-likeness (QED) is 0.582. The van der Waals surface area contributed by atoms with Crippen molar-refractivity contribution in [3.8, 4) is 0 Å². The van der Waals surface area contributed by atoms with Crippen LogP contribution < -0.4 is 5.32 Å². The third kappa shape index (κ3) is 5.65. The monoisotopic (exact) mass is 228 g/mol. The highest BCUT2D eigenvalue weighted by atomic mass is 32.1. The molecule has 0 rings (SSSR count). The molecule has 0 aromatic heterocycles. The second-order valence-corrected chi connectivity index (χ2v) is 5.91. The lowest BCUT2D eigenvalue weighted by atomic mass is 9.86. The zero-order valence-corrected chi connectivity index (χ0v) is 11.2. The lowest BCUT2D eigenvalue weighted by Gasteiger charge is -2.29. The van der Waals surface area contributed by atoms with Crippen molar-refractivity contribution in [3.05, 3.63) is 0 Å². The maximum absolute atomic E-state index is 11.9. The van der Waals surface area contributed by atoms with Gasteiger partial charge in [-0.05, 0) is 38.4 Å². The van der Waals surface area contributed by atoms with Gasteiger partial charge in [0.25, 0.3) is 0 Å². The maximum atomic E-state index is 11.9. The SMILES string of the molecule is CC(C)(C)NC(=O)[C@@H](N=C=S)C(C)(C)C. The first-order valence-corrected chi connectivity index (χ1v) is 5.38. The minimum atomic E-state index is -0.478. The van der Waals surface area contributed by atoms with Gasteiger partial charge >= 0.3 is 0 Å². The Labute approximate surface area is 97.4 Å². The summed E-state index contributed by atoms with van der Waals surface area (Å²) in [6, 6.07) is -0.478. The van der Waals surface area contributed by atoms with Crippen molar-refractivity contribution < 1.29 is 4.79 Å². The molecule has 0 radical (unpaired) electrons. The predicted octanol–water partition coefficient (Wildman–Crippen LogP) is 2.42. The Balaban J connectivity index is 4.81. The Hall–Kier alpha value is -0.730. The zero-order chi connectivity index (χ0) is 12.3. The van der Waals surface area contributed by atoms with Crippen molar-refractivity contribution in [1.82, 2.24) is 5.32 Å². The molecule has 86 valence electrons. The van der Waals surface area contributed by atoms with E-state index in [2.05, 4.69) is 27.7 Å². The molecule has 4 heteroatoms. The van der Waals surface area contributed by atoms with E-state index in [1.807, 2.05) is 41.5 Å². The van der Waals surface area contributed by atoms with Crippen LogP contribution in [0.3, 0.4) is 0 Å². The van der Waals surface area contributed by atoms with Crippen LogP contribution in [-0.2, 0) is 4.79 Å². The number of hydrogen-bond acceptors (Lipinski definition) is 3. The predicted molar refractivity (Wildman–Crippen MR) is 66.2 cm³/mol. The Morgan fingerprint density at radius 2 is 1.73 bits per heavy atom. The Bertz CT molecular complexity index is 280. The molecule has 1 atom stereocenters. The average Bonchev–Trinajstić information content (AvgIpc) is 1.93. The van der Waals surface area contributed by atoms with Gasteiger partial charge in [0.15, 0.2) is 0 Å². The number of thiocarbonyl (C=S) groups is 1. The third-order valence-corrected chi connectivity index (χ3v) is 1.85. The number of isothiocyanates is 1. The Morgan fingerprint density at radius 1 is 1.27 bits per heavy atom. The number of carbonyl (C=O) groups excluding carboxylic acids is 1. The summed E-state index contributed by atoms with van der Waals surface area (Å²) < 4.78 is 0. The van der Waals surface area contributed by atoms with E-state index in [4.69, 9.17) is 0 Å². The van der Waals surface area contributed by atoms with Crippen LogP contribution in [0.25, 0.3) is 0 Å². The summed E-state index contributed by atoms with van der Waals surface area (Å²) in [5.41, 5.74) is -0.501. The fraction of sp³-hybridized carbons (Fsp3) is 0.818. The van der Waals surface area contributed by atoms with Gasteiger partial charge in [0.2, 0.25) is 5.91 Å². The molecule has 0 heterocycles. The largest absolute Gasteiger partial charge is 0.350 e. The summed E-state index contributed by atoms with van der Waals surface area (Å²) >= 11 is 4.56. The second kappa shape index (κ2) is 4.86. The van der Waals surface area contributed by atoms with E-state index in [1.165, 1.54) is 0 Å². The molecule has 0 bridgehead atoms. The number of nitrogens with zero attached hydrogens (tertiary/aromatic N) is 1. The van der Waals surface area contributed by atoms with Crippen LogP contribution in [-0.4, -0.2) is 22.6 Å². The molecule has 0 fully saturated rings. The minimum Gasteiger partial charge on any atom is -0.350 e. The molecule has 0 aliphatic heterocycles. The van der Waals surface area contributed by atoms with Gasteiger partial charge in [0.1, 0.15) is 6.04 Å². The summed E-state index contributed by atoms with van der Waals surface area (Å²) in [5.74, 6) is -0.104. The van der Waals surface area contributed by atoms with Crippen molar-refractivity contribution in [2.75, 3.05) is 0 Å². The number of amides is 1. The second-order valence-electron chi connectivity index (χ2n) is 5.73. The fourth-order valence-electron chi connectivity index (χ4n) is 1.14. The first-order valence-electron chi connectivity index (χ1n) is 4.97. The van der Waals surface area contributed by atoms with Gasteiger partial charge < -0.3 is 5.32 Å². The third-order valence-electron chi connectivity index (χ3n) is 1.75. The molecule has 0 unspecified atom stereocenters. The van der Waals surface area contributed by atoms with Crippen LogP contribution in [0.4, 0.5) is 0 Å². The number of aliphatic imine (C=N–C) groups is 1. The molecular formula is C11H20N2OS. The van der Waals surface area contributed by atoms with Crippen LogP contribution in [0, 0.1) is 5.41 Å². The lowest BCUT2D eigenvalue weighted by molar-refractivity contribution is -0.125. The van der Waals surface area contributed by atoms with Crippen molar-refractivity contribution in [2.24, 2.45) is 10.4 Å². The standard InChI is InChI=1S/C11H20N2OS/c1-10(2,3)8(12-7-15)9(14)13-11(4,5)6/h8H,1-6H3,(H,13,14)/t8-/m1/s1. The van der Waals surface area contributed by atoms with E-state index >= 15 is 0 Å². The highest BCUT2D eigenvalue weighted by Gasteiger charge is 2.32. The number of nitrogens with one attached hydrogen (secondary N) is 1. The Morgan fingerprint density at radius 3 is 2.00 bits per heavy atom. The van der Waals surface area contributed by atoms with E-state index < -0.39 is 6.04 Å². The summed E-state index contributed by atoms with van der Waals surface area (Å²) in [4.78, 5) is 15.8. The summed E-state index contributed by atoms with van der Waals surface area (Å²) in [6.07, 6.45) is 0. The van der Waals surface area contributed by atoms with Crippen molar-refractivity contribution >= 4 is 23.3 Å². The molecule has 1 amide bonds. The molecule has 0 saturated carbocycles. The van der Waals surface area contributed by atoms with E-state index in [0.717, 1.165) is 0 Å². The van der Waals surface area contributed by atoms with Gasteiger partial charge in [0, 0.05) is 5.54 Å². The van der Waals surface area contributed by atoms with Crippen LogP contribution in [0.2, 0.25) is 0 Å². The lowest BCUT2D eigenvalue weighted by Crippen LogP contribution is -2.49. The number of rotatable bonds is 2. The van der Waals surface area contributed by atoms with E-state index in [-0.39, 0.29) is 16.9 Å². The van der Waals surface area contributed by atoms with E-state index in [1.54, 1.807) is 0 Å². The van der Waals surface area contributed by atoms with Gasteiger partial charge in [-0.25, -0.2) is 4.99 Å². The van der Waals surface area contributed by atoms with Gasteiger partial charge in [-0.2, -0.15) is 0 Å². The highest BCUT2D eigenvalue weighted by molar-refractivity contribution is 7.78. The van der Waals surface area contributed by atoms with Crippen molar-refractivity contribution in [1.29, 1.82) is 0 Å². The van der Waals surface area contributed by atoms with Gasteiger partial charge in [0.05, 0.1) is 5.16 Å². The molecule has 0 saturated heterocycles. The molecule has 15 heavy (non-hydrogen) atoms. The van der Waals surface area contributed by atoms with E-state index in [9.17, 15) is 4.79 Å². The highest BCUT2D eigenvalue weighted by Crippen LogP contribution is 2.22. The topological polar surface area (TPSA) is 41.5 Å². The smallest absolute Gasteiger partial charge is 0.246 e. The number of hydrogen-bond donors (Lipinski definition) is 1. The summed E-state index contributed by atoms with van der Waals surface area (Å²) in [6.45, 7) is 11.7. The van der Waals surface area contributed by atoms with Crippen LogP contribution >= 0.6 is 12.2 Å². The van der Waals surface area contributed by atoms with Crippen molar-refractivity contribution in [2.45, 2.75) is 53.1 Å². The maximum Gasteiger partial charge on any atom is 0.246 e.